The highest BCUT2D eigenvalue weighted by molar-refractivity contribution is 7.11. The largest absolute Gasteiger partial charge is 0.494 e. The number of ether oxygens (including phenoxy) is 1. The van der Waals surface area contributed by atoms with Gasteiger partial charge in [0.15, 0.2) is 0 Å². The molecule has 0 spiro atoms. The number of nitrogens with one attached hydrogen (secondary N) is 1. The average molecular weight is 305 g/mol. The van der Waals surface area contributed by atoms with E-state index in [4.69, 9.17) is 10.6 Å². The summed E-state index contributed by atoms with van der Waals surface area (Å²) in [7, 11) is 0. The summed E-state index contributed by atoms with van der Waals surface area (Å²) in [6.07, 6.45) is 1.69. The third-order valence-electron chi connectivity index (χ3n) is 3.45. The van der Waals surface area contributed by atoms with E-state index in [2.05, 4.69) is 30.3 Å². The van der Waals surface area contributed by atoms with Crippen LogP contribution in [0.5, 0.6) is 5.75 Å². The maximum atomic E-state index is 5.77. The fourth-order valence-corrected chi connectivity index (χ4v) is 3.12. The van der Waals surface area contributed by atoms with Gasteiger partial charge in [0.1, 0.15) is 5.75 Å². The van der Waals surface area contributed by atoms with E-state index >= 15 is 0 Å². The standard InChI is InChI=1S/C16H23N3OS/c1-11-5-4-6-15(9-11)20-8-7-14(19-17)10-16-18-12(2)13(3)21-16/h4-6,9,14,19H,7-8,10,17H2,1-3H3. The van der Waals surface area contributed by atoms with Crippen molar-refractivity contribution in [3.8, 4) is 5.75 Å². The Bertz CT molecular complexity index is 563. The normalized spacial score (nSPS) is 12.4. The maximum absolute atomic E-state index is 5.77. The van der Waals surface area contributed by atoms with Gasteiger partial charge in [0.2, 0.25) is 0 Å². The predicted octanol–water partition coefficient (Wildman–Crippen LogP) is 2.91. The van der Waals surface area contributed by atoms with Crippen molar-refractivity contribution in [2.75, 3.05) is 6.61 Å². The lowest BCUT2D eigenvalue weighted by Crippen LogP contribution is -2.37. The number of hydrogen-bond donors (Lipinski definition) is 2. The van der Waals surface area contributed by atoms with E-state index in [1.165, 1.54) is 10.4 Å². The minimum atomic E-state index is 0.180. The summed E-state index contributed by atoms with van der Waals surface area (Å²) in [4.78, 5) is 5.83. The first-order valence-corrected chi connectivity index (χ1v) is 7.98. The molecule has 0 bridgehead atoms. The zero-order valence-electron chi connectivity index (χ0n) is 12.8. The van der Waals surface area contributed by atoms with Crippen molar-refractivity contribution in [3.63, 3.8) is 0 Å². The van der Waals surface area contributed by atoms with Crippen LogP contribution in [0.2, 0.25) is 0 Å². The molecule has 1 aromatic carbocycles. The Morgan fingerprint density at radius 2 is 2.14 bits per heavy atom. The van der Waals surface area contributed by atoms with E-state index in [0.29, 0.717) is 6.61 Å². The van der Waals surface area contributed by atoms with Gasteiger partial charge in [-0.1, -0.05) is 12.1 Å². The monoisotopic (exact) mass is 305 g/mol. The van der Waals surface area contributed by atoms with Crippen LogP contribution in [-0.2, 0) is 6.42 Å². The maximum Gasteiger partial charge on any atom is 0.119 e. The third-order valence-corrected chi connectivity index (χ3v) is 4.55. The van der Waals surface area contributed by atoms with E-state index in [1.54, 1.807) is 11.3 Å². The Hall–Kier alpha value is -1.43. The molecule has 1 heterocycles. The number of nitrogens with two attached hydrogens (primary N) is 1. The van der Waals surface area contributed by atoms with E-state index in [9.17, 15) is 0 Å². The van der Waals surface area contributed by atoms with E-state index in [0.717, 1.165) is 29.3 Å². The summed E-state index contributed by atoms with van der Waals surface area (Å²) in [6.45, 7) is 6.84. The van der Waals surface area contributed by atoms with Crippen LogP contribution in [0.4, 0.5) is 0 Å². The Balaban J connectivity index is 1.82. The number of rotatable bonds is 7. The third kappa shape index (κ3) is 4.81. The minimum absolute atomic E-state index is 0.180. The zero-order chi connectivity index (χ0) is 15.2. The summed E-state index contributed by atoms with van der Waals surface area (Å²) in [6, 6.07) is 8.26. The van der Waals surface area contributed by atoms with Gasteiger partial charge in [0.25, 0.3) is 0 Å². The topological polar surface area (TPSA) is 60.2 Å². The summed E-state index contributed by atoms with van der Waals surface area (Å²) in [5, 5.41) is 1.13. The molecule has 21 heavy (non-hydrogen) atoms. The highest BCUT2D eigenvalue weighted by Gasteiger charge is 2.12. The predicted molar refractivity (Wildman–Crippen MR) is 87.7 cm³/mol. The summed E-state index contributed by atoms with van der Waals surface area (Å²) in [5.74, 6) is 6.55. The fraction of sp³-hybridized carbons (Fsp3) is 0.438. The number of benzene rings is 1. The van der Waals surface area contributed by atoms with Crippen LogP contribution < -0.4 is 16.0 Å². The molecule has 1 unspecified atom stereocenters. The van der Waals surface area contributed by atoms with Crippen LogP contribution in [0.25, 0.3) is 0 Å². The van der Waals surface area contributed by atoms with Crippen molar-refractivity contribution < 1.29 is 4.74 Å². The molecule has 3 N–H and O–H groups in total. The van der Waals surface area contributed by atoms with Gasteiger partial charge in [-0.3, -0.25) is 11.3 Å². The van der Waals surface area contributed by atoms with Crippen LogP contribution in [0.3, 0.4) is 0 Å². The highest BCUT2D eigenvalue weighted by atomic mass is 32.1. The summed E-state index contributed by atoms with van der Waals surface area (Å²) < 4.78 is 5.77. The van der Waals surface area contributed by atoms with Crippen molar-refractivity contribution in [1.29, 1.82) is 0 Å². The number of hydrazine groups is 1. The first kappa shape index (κ1) is 15.9. The lowest BCUT2D eigenvalue weighted by atomic mass is 10.1. The number of hydrogen-bond acceptors (Lipinski definition) is 5. The molecular weight excluding hydrogens is 282 g/mol. The van der Waals surface area contributed by atoms with Gasteiger partial charge >= 0.3 is 0 Å². The molecule has 0 radical (unpaired) electrons. The second kappa shape index (κ2) is 7.54. The number of aryl methyl sites for hydroxylation is 3. The van der Waals surface area contributed by atoms with Crippen LogP contribution in [0, 0.1) is 20.8 Å². The van der Waals surface area contributed by atoms with E-state index in [-0.39, 0.29) is 6.04 Å². The molecule has 1 atom stereocenters. The molecule has 2 aromatic rings. The molecule has 0 aliphatic rings. The smallest absolute Gasteiger partial charge is 0.119 e. The van der Waals surface area contributed by atoms with E-state index in [1.807, 2.05) is 25.1 Å². The average Bonchev–Trinajstić information content (AvgIpc) is 2.76. The molecule has 4 nitrogen and oxygen atoms in total. The van der Waals surface area contributed by atoms with Gasteiger partial charge in [0, 0.05) is 17.3 Å². The Morgan fingerprint density at radius 3 is 2.76 bits per heavy atom. The quantitative estimate of drug-likeness (QED) is 0.610. The van der Waals surface area contributed by atoms with Crippen LogP contribution >= 0.6 is 11.3 Å². The molecule has 0 fully saturated rings. The number of nitrogens with zero attached hydrogens (tertiary/aromatic N) is 1. The van der Waals surface area contributed by atoms with Gasteiger partial charge < -0.3 is 4.74 Å². The van der Waals surface area contributed by atoms with Gasteiger partial charge in [-0.25, -0.2) is 4.98 Å². The first-order valence-electron chi connectivity index (χ1n) is 7.17. The molecule has 0 saturated carbocycles. The lowest BCUT2D eigenvalue weighted by molar-refractivity contribution is 0.285. The Labute approximate surface area is 130 Å². The van der Waals surface area contributed by atoms with Crippen molar-refractivity contribution >= 4 is 11.3 Å². The second-order valence-corrected chi connectivity index (χ2v) is 6.56. The Kier molecular flexibility index (Phi) is 5.73. The van der Waals surface area contributed by atoms with Gasteiger partial charge in [-0.15, -0.1) is 11.3 Å². The SMILES string of the molecule is Cc1cccc(OCCC(Cc2nc(C)c(C)s2)NN)c1. The second-order valence-electron chi connectivity index (χ2n) is 5.27. The fourth-order valence-electron chi connectivity index (χ4n) is 2.11. The van der Waals surface area contributed by atoms with Crippen LogP contribution in [-0.4, -0.2) is 17.6 Å². The highest BCUT2D eigenvalue weighted by Crippen LogP contribution is 2.19. The van der Waals surface area contributed by atoms with Crippen molar-refractivity contribution in [2.24, 2.45) is 5.84 Å². The molecule has 5 heteroatoms. The zero-order valence-corrected chi connectivity index (χ0v) is 13.7. The molecule has 0 amide bonds. The first-order chi connectivity index (χ1) is 10.1. The van der Waals surface area contributed by atoms with Crippen LogP contribution in [0.1, 0.15) is 27.6 Å². The Morgan fingerprint density at radius 1 is 1.33 bits per heavy atom. The molecule has 114 valence electrons. The molecular formula is C16H23N3OS. The lowest BCUT2D eigenvalue weighted by Gasteiger charge is -2.15. The molecule has 0 aliphatic heterocycles. The minimum Gasteiger partial charge on any atom is -0.494 e. The summed E-state index contributed by atoms with van der Waals surface area (Å²) >= 11 is 1.74. The van der Waals surface area contributed by atoms with Crippen molar-refractivity contribution in [3.05, 3.63) is 45.4 Å². The van der Waals surface area contributed by atoms with Gasteiger partial charge in [-0.2, -0.15) is 0 Å². The van der Waals surface area contributed by atoms with Crippen molar-refractivity contribution in [1.82, 2.24) is 10.4 Å². The molecule has 1 aromatic heterocycles. The summed E-state index contributed by atoms with van der Waals surface area (Å²) in [5.41, 5.74) is 5.18. The van der Waals surface area contributed by atoms with E-state index < -0.39 is 0 Å². The van der Waals surface area contributed by atoms with Crippen molar-refractivity contribution in [2.45, 2.75) is 39.7 Å². The number of aromatic nitrogens is 1. The number of thiazole rings is 1. The molecule has 0 saturated heterocycles. The van der Waals surface area contributed by atoms with Gasteiger partial charge in [0.05, 0.1) is 17.3 Å². The van der Waals surface area contributed by atoms with Gasteiger partial charge in [-0.05, 0) is 44.9 Å². The molecule has 2 rings (SSSR count). The molecule has 0 aliphatic carbocycles. The van der Waals surface area contributed by atoms with Crippen LogP contribution in [0.15, 0.2) is 24.3 Å².